The molecule has 0 fully saturated rings. The lowest BCUT2D eigenvalue weighted by Gasteiger charge is -2.15. The van der Waals surface area contributed by atoms with Crippen LogP contribution in [0.25, 0.3) is 0 Å². The molecule has 1 rings (SSSR count). The average molecular weight is 338 g/mol. The molecule has 0 atom stereocenters. The molecular formula is C16H22N2O6. The summed E-state index contributed by atoms with van der Waals surface area (Å²) in [6, 6.07) is 7.56. The van der Waals surface area contributed by atoms with Crippen molar-refractivity contribution in [3.8, 4) is 5.75 Å². The van der Waals surface area contributed by atoms with Crippen molar-refractivity contribution in [3.05, 3.63) is 42.0 Å². The molecule has 0 bridgehead atoms. The zero-order valence-corrected chi connectivity index (χ0v) is 14.1. The first-order valence-electron chi connectivity index (χ1n) is 6.89. The van der Waals surface area contributed by atoms with Crippen LogP contribution in [0.1, 0.15) is 5.56 Å². The van der Waals surface area contributed by atoms with E-state index in [1.165, 1.54) is 4.90 Å². The highest BCUT2D eigenvalue weighted by Gasteiger charge is 2.10. The Morgan fingerprint density at radius 1 is 1.00 bits per heavy atom. The van der Waals surface area contributed by atoms with Crippen LogP contribution in [-0.4, -0.2) is 66.2 Å². The number of ether oxygens (including phenoxy) is 1. The maximum absolute atomic E-state index is 11.4. The van der Waals surface area contributed by atoms with Crippen molar-refractivity contribution < 1.29 is 29.3 Å². The normalized spacial score (nSPS) is 10.0. The fraction of sp³-hybridized carbons (Fsp3) is 0.312. The van der Waals surface area contributed by atoms with E-state index in [1.807, 2.05) is 37.2 Å². The number of rotatable bonds is 5. The maximum Gasteiger partial charge on any atom is 0.414 e. The zero-order chi connectivity index (χ0) is 18.7. The van der Waals surface area contributed by atoms with E-state index in [0.717, 1.165) is 12.1 Å². The fourth-order valence-corrected chi connectivity index (χ4v) is 1.40. The first-order chi connectivity index (χ1) is 11.1. The smallest absolute Gasteiger partial charge is 0.414 e. The number of carbonyl (C=O) groups is 3. The van der Waals surface area contributed by atoms with Crippen molar-refractivity contribution in [3.63, 3.8) is 0 Å². The second kappa shape index (κ2) is 10.8. The number of carboxylic acids is 2. The van der Waals surface area contributed by atoms with Gasteiger partial charge in [-0.05, 0) is 20.2 Å². The SMILES string of the molecule is CN(C)Cc1ccccc1OC(=O)N(C)C.O=C(O)C=CC(=O)O. The highest BCUT2D eigenvalue weighted by atomic mass is 16.6. The van der Waals surface area contributed by atoms with Crippen molar-refractivity contribution >= 4 is 18.0 Å². The van der Waals surface area contributed by atoms with Crippen LogP contribution < -0.4 is 4.74 Å². The first-order valence-corrected chi connectivity index (χ1v) is 6.89. The van der Waals surface area contributed by atoms with E-state index in [9.17, 15) is 14.4 Å². The van der Waals surface area contributed by atoms with E-state index in [4.69, 9.17) is 14.9 Å². The fourth-order valence-electron chi connectivity index (χ4n) is 1.40. The molecule has 0 radical (unpaired) electrons. The monoisotopic (exact) mass is 338 g/mol. The van der Waals surface area contributed by atoms with Gasteiger partial charge in [0.2, 0.25) is 0 Å². The molecule has 0 aliphatic heterocycles. The van der Waals surface area contributed by atoms with E-state index >= 15 is 0 Å². The van der Waals surface area contributed by atoms with Gasteiger partial charge in [0.25, 0.3) is 0 Å². The van der Waals surface area contributed by atoms with Gasteiger partial charge in [0.05, 0.1) is 0 Å². The Bertz CT molecular complexity index is 580. The molecule has 132 valence electrons. The molecule has 0 spiro atoms. The minimum atomic E-state index is -1.26. The largest absolute Gasteiger partial charge is 0.478 e. The molecule has 1 aromatic rings. The molecule has 2 N–H and O–H groups in total. The van der Waals surface area contributed by atoms with Crippen molar-refractivity contribution in [1.29, 1.82) is 0 Å². The van der Waals surface area contributed by atoms with Crippen molar-refractivity contribution in [2.75, 3.05) is 28.2 Å². The highest BCUT2D eigenvalue weighted by molar-refractivity contribution is 5.89. The van der Waals surface area contributed by atoms with Gasteiger partial charge in [-0.3, -0.25) is 0 Å². The second-order valence-corrected chi connectivity index (χ2v) is 5.12. The molecule has 1 aromatic carbocycles. The van der Waals surface area contributed by atoms with Gasteiger partial charge in [-0.15, -0.1) is 0 Å². The molecule has 0 saturated carbocycles. The van der Waals surface area contributed by atoms with Gasteiger partial charge in [0, 0.05) is 38.4 Å². The molecule has 0 aliphatic rings. The van der Waals surface area contributed by atoms with Gasteiger partial charge in [0.1, 0.15) is 5.75 Å². The molecule has 1 amide bonds. The van der Waals surface area contributed by atoms with E-state index in [0.29, 0.717) is 17.9 Å². The Labute approximate surface area is 140 Å². The summed E-state index contributed by atoms with van der Waals surface area (Å²) in [6.45, 7) is 0.747. The minimum Gasteiger partial charge on any atom is -0.478 e. The van der Waals surface area contributed by atoms with Gasteiger partial charge >= 0.3 is 18.0 Å². The Morgan fingerprint density at radius 3 is 1.92 bits per heavy atom. The second-order valence-electron chi connectivity index (χ2n) is 5.12. The van der Waals surface area contributed by atoms with Gasteiger partial charge in [-0.1, -0.05) is 18.2 Å². The maximum atomic E-state index is 11.4. The summed E-state index contributed by atoms with van der Waals surface area (Å²) in [7, 11) is 7.28. The number of carboxylic acid groups (broad SMARTS) is 2. The van der Waals surface area contributed by atoms with Crippen LogP contribution >= 0.6 is 0 Å². The third kappa shape index (κ3) is 9.96. The molecule has 8 heteroatoms. The summed E-state index contributed by atoms with van der Waals surface area (Å²) < 4.78 is 5.27. The van der Waals surface area contributed by atoms with Crippen LogP contribution in [0.5, 0.6) is 5.75 Å². The summed E-state index contributed by atoms with van der Waals surface area (Å²) in [5, 5.41) is 15.6. The van der Waals surface area contributed by atoms with Crippen LogP contribution in [0.2, 0.25) is 0 Å². The molecule has 8 nitrogen and oxygen atoms in total. The van der Waals surface area contributed by atoms with E-state index in [1.54, 1.807) is 20.2 Å². The molecular weight excluding hydrogens is 316 g/mol. The van der Waals surface area contributed by atoms with Crippen molar-refractivity contribution in [2.24, 2.45) is 0 Å². The first kappa shape index (κ1) is 21.1. The predicted octanol–water partition coefficient (Wildman–Crippen LogP) is 1.52. The Hall–Kier alpha value is -2.87. The van der Waals surface area contributed by atoms with Gasteiger partial charge in [0.15, 0.2) is 0 Å². The molecule has 0 aliphatic carbocycles. The highest BCUT2D eigenvalue weighted by Crippen LogP contribution is 2.19. The average Bonchev–Trinajstić information content (AvgIpc) is 2.47. The Balaban J connectivity index is 0.000000561. The summed E-state index contributed by atoms with van der Waals surface area (Å²) >= 11 is 0. The van der Waals surface area contributed by atoms with Crippen LogP contribution in [0.4, 0.5) is 4.79 Å². The number of benzene rings is 1. The minimum absolute atomic E-state index is 0.355. The summed E-state index contributed by atoms with van der Waals surface area (Å²) in [5.41, 5.74) is 1.00. The molecule has 0 unspecified atom stereocenters. The van der Waals surface area contributed by atoms with Crippen LogP contribution in [0.15, 0.2) is 36.4 Å². The number of carbonyl (C=O) groups excluding carboxylic acids is 1. The molecule has 24 heavy (non-hydrogen) atoms. The summed E-state index contributed by atoms with van der Waals surface area (Å²) in [4.78, 5) is 34.0. The van der Waals surface area contributed by atoms with Crippen LogP contribution in [0.3, 0.4) is 0 Å². The summed E-state index contributed by atoms with van der Waals surface area (Å²) in [5.74, 6) is -1.89. The lowest BCUT2D eigenvalue weighted by Crippen LogP contribution is -2.26. The number of para-hydroxylation sites is 1. The Kier molecular flexibility index (Phi) is 9.50. The third-order valence-corrected chi connectivity index (χ3v) is 2.39. The molecule has 0 aromatic heterocycles. The lowest BCUT2D eigenvalue weighted by atomic mass is 10.2. The Morgan fingerprint density at radius 2 is 1.50 bits per heavy atom. The van der Waals surface area contributed by atoms with Gasteiger partial charge in [-0.2, -0.15) is 0 Å². The molecule has 0 heterocycles. The zero-order valence-electron chi connectivity index (χ0n) is 14.1. The van der Waals surface area contributed by atoms with E-state index in [-0.39, 0.29) is 6.09 Å². The summed E-state index contributed by atoms with van der Waals surface area (Å²) in [6.07, 6.45) is 0.760. The van der Waals surface area contributed by atoms with Crippen LogP contribution in [-0.2, 0) is 16.1 Å². The topological polar surface area (TPSA) is 107 Å². The third-order valence-electron chi connectivity index (χ3n) is 2.39. The van der Waals surface area contributed by atoms with Gasteiger partial charge in [-0.25, -0.2) is 14.4 Å². The van der Waals surface area contributed by atoms with Crippen LogP contribution in [0, 0.1) is 0 Å². The predicted molar refractivity (Wildman–Crippen MR) is 88.0 cm³/mol. The number of amides is 1. The van der Waals surface area contributed by atoms with Crippen molar-refractivity contribution in [2.45, 2.75) is 6.54 Å². The number of hydrogen-bond donors (Lipinski definition) is 2. The quantitative estimate of drug-likeness (QED) is 0.784. The number of hydrogen-bond acceptors (Lipinski definition) is 5. The lowest BCUT2D eigenvalue weighted by molar-refractivity contribution is -0.134. The van der Waals surface area contributed by atoms with Gasteiger partial charge < -0.3 is 24.7 Å². The van der Waals surface area contributed by atoms with E-state index < -0.39 is 11.9 Å². The molecule has 0 saturated heterocycles. The van der Waals surface area contributed by atoms with E-state index in [2.05, 4.69) is 0 Å². The number of nitrogens with zero attached hydrogens (tertiary/aromatic N) is 2. The number of aliphatic carboxylic acids is 2. The standard InChI is InChI=1S/C12H18N2O2.C4H4O4/c1-13(2)9-10-7-5-6-8-11(10)16-12(15)14(3)4;5-3(6)1-2-4(7)8/h5-8H,9H2,1-4H3;1-2H,(H,5,6)(H,7,8). The van der Waals surface area contributed by atoms with Crippen molar-refractivity contribution in [1.82, 2.24) is 9.80 Å².